The number of nitrogens with zero attached hydrogens (tertiary/aromatic N) is 2. The summed E-state index contributed by atoms with van der Waals surface area (Å²) >= 11 is 17.5. The zero-order chi connectivity index (χ0) is 10.9. The van der Waals surface area contributed by atoms with Crippen molar-refractivity contribution >= 4 is 46.3 Å². The number of rotatable bonds is 1. The van der Waals surface area contributed by atoms with E-state index in [0.29, 0.717) is 12.4 Å². The van der Waals surface area contributed by atoms with Gasteiger partial charge in [-0.05, 0) is 12.1 Å². The molecule has 0 N–H and O–H groups in total. The highest BCUT2D eigenvalue weighted by atomic mass is 35.6. The fraction of sp³-hybridized carbons (Fsp3) is 0.300. The third-order valence-corrected chi connectivity index (χ3v) is 2.67. The Morgan fingerprint density at radius 2 is 1.80 bits per heavy atom. The smallest absolute Gasteiger partial charge is 0.247 e. The Morgan fingerprint density at radius 1 is 1.13 bits per heavy atom. The van der Waals surface area contributed by atoms with Crippen LogP contribution in [-0.2, 0) is 0 Å². The lowest BCUT2D eigenvalue weighted by Crippen LogP contribution is -2.36. The third-order valence-electron chi connectivity index (χ3n) is 2.16. The molecule has 80 valence electrons. The van der Waals surface area contributed by atoms with Crippen molar-refractivity contribution in [1.29, 1.82) is 0 Å². The van der Waals surface area contributed by atoms with Crippen molar-refractivity contribution in [2.24, 2.45) is 4.99 Å². The summed E-state index contributed by atoms with van der Waals surface area (Å²) in [6, 6.07) is 9.79. The summed E-state index contributed by atoms with van der Waals surface area (Å²) in [5, 5.41) is 0. The largest absolute Gasteiger partial charge is 0.325 e. The minimum absolute atomic E-state index is 0.499. The molecule has 0 radical (unpaired) electrons. The van der Waals surface area contributed by atoms with Crippen LogP contribution in [0.2, 0.25) is 0 Å². The van der Waals surface area contributed by atoms with Gasteiger partial charge in [0.2, 0.25) is 3.79 Å². The van der Waals surface area contributed by atoms with Crippen molar-refractivity contribution in [3.05, 3.63) is 30.3 Å². The molecule has 2 rings (SSSR count). The van der Waals surface area contributed by atoms with Crippen LogP contribution in [-0.4, -0.2) is 22.7 Å². The van der Waals surface area contributed by atoms with Gasteiger partial charge in [0, 0.05) is 12.2 Å². The number of para-hydroxylation sites is 1. The summed E-state index contributed by atoms with van der Waals surface area (Å²) in [4.78, 5) is 6.14. The average molecular weight is 264 g/mol. The van der Waals surface area contributed by atoms with Crippen LogP contribution in [0.3, 0.4) is 0 Å². The molecule has 0 unspecified atom stereocenters. The van der Waals surface area contributed by atoms with E-state index >= 15 is 0 Å². The number of anilines is 1. The summed E-state index contributed by atoms with van der Waals surface area (Å²) in [5.74, 6) is 0.499. The van der Waals surface area contributed by atoms with Gasteiger partial charge in [0.25, 0.3) is 0 Å². The molecule has 0 saturated heterocycles. The van der Waals surface area contributed by atoms with Crippen LogP contribution in [0, 0.1) is 0 Å². The lowest BCUT2D eigenvalue weighted by molar-refractivity contribution is 1.02. The van der Waals surface area contributed by atoms with E-state index in [2.05, 4.69) is 4.99 Å². The first-order chi connectivity index (χ1) is 7.09. The molecule has 0 spiro atoms. The Balaban J connectivity index is 2.29. The Morgan fingerprint density at radius 3 is 2.40 bits per heavy atom. The summed E-state index contributed by atoms with van der Waals surface area (Å²) in [5.41, 5.74) is 1.00. The maximum atomic E-state index is 5.84. The highest BCUT2D eigenvalue weighted by molar-refractivity contribution is 6.77. The highest BCUT2D eigenvalue weighted by Crippen LogP contribution is 2.33. The van der Waals surface area contributed by atoms with Gasteiger partial charge in [0.05, 0.1) is 6.54 Å². The van der Waals surface area contributed by atoms with Gasteiger partial charge in [-0.1, -0.05) is 53.0 Å². The van der Waals surface area contributed by atoms with Gasteiger partial charge in [-0.15, -0.1) is 0 Å². The SMILES string of the molecule is ClC(Cl)(Cl)C1=NCCN1c1ccccc1. The molecule has 1 aromatic carbocycles. The van der Waals surface area contributed by atoms with Crippen molar-refractivity contribution in [3.63, 3.8) is 0 Å². The van der Waals surface area contributed by atoms with Crippen molar-refractivity contribution in [2.75, 3.05) is 18.0 Å². The summed E-state index contributed by atoms with van der Waals surface area (Å²) < 4.78 is -1.45. The van der Waals surface area contributed by atoms with E-state index in [4.69, 9.17) is 34.8 Å². The van der Waals surface area contributed by atoms with E-state index in [9.17, 15) is 0 Å². The molecule has 2 nitrogen and oxygen atoms in total. The predicted octanol–water partition coefficient (Wildman–Crippen LogP) is 3.28. The number of hydrogen-bond acceptors (Lipinski definition) is 2. The lowest BCUT2D eigenvalue weighted by Gasteiger charge is -2.24. The Hall–Kier alpha value is -0.440. The van der Waals surface area contributed by atoms with E-state index in [-0.39, 0.29) is 0 Å². The standard InChI is InChI=1S/C10H9Cl3N2/c11-10(12,13)9-14-6-7-15(9)8-4-2-1-3-5-8/h1-5H,6-7H2. The minimum Gasteiger partial charge on any atom is -0.325 e. The topological polar surface area (TPSA) is 15.6 Å². The molecular formula is C10H9Cl3N2. The van der Waals surface area contributed by atoms with Gasteiger partial charge in [-0.25, -0.2) is 0 Å². The van der Waals surface area contributed by atoms with Gasteiger partial charge in [0.15, 0.2) is 5.84 Å². The number of alkyl halides is 3. The molecule has 1 aliphatic rings. The monoisotopic (exact) mass is 262 g/mol. The Kier molecular flexibility index (Phi) is 3.10. The number of aliphatic imine (C=N–C) groups is 1. The van der Waals surface area contributed by atoms with Crippen LogP contribution in [0.15, 0.2) is 35.3 Å². The molecule has 0 amide bonds. The van der Waals surface area contributed by atoms with E-state index in [0.717, 1.165) is 12.2 Å². The second-order valence-corrected chi connectivity index (χ2v) is 5.47. The molecule has 0 fully saturated rings. The van der Waals surface area contributed by atoms with Gasteiger partial charge in [-0.3, -0.25) is 4.99 Å². The first kappa shape index (κ1) is 11.1. The maximum Gasteiger partial charge on any atom is 0.247 e. The molecule has 0 aromatic heterocycles. The number of amidine groups is 1. The van der Waals surface area contributed by atoms with E-state index in [1.165, 1.54) is 0 Å². The van der Waals surface area contributed by atoms with E-state index in [1.807, 2.05) is 35.2 Å². The fourth-order valence-corrected chi connectivity index (χ4v) is 2.03. The lowest BCUT2D eigenvalue weighted by atomic mass is 10.3. The molecule has 1 aromatic rings. The fourth-order valence-electron chi connectivity index (χ4n) is 1.55. The average Bonchev–Trinajstić information content (AvgIpc) is 2.67. The minimum atomic E-state index is -1.45. The maximum absolute atomic E-state index is 5.84. The van der Waals surface area contributed by atoms with Crippen LogP contribution in [0.1, 0.15) is 0 Å². The van der Waals surface area contributed by atoms with Crippen LogP contribution in [0.4, 0.5) is 5.69 Å². The Bertz CT molecular complexity index is 370. The second-order valence-electron chi connectivity index (χ2n) is 3.19. The summed E-state index contributed by atoms with van der Waals surface area (Å²) in [6.07, 6.45) is 0. The van der Waals surface area contributed by atoms with Gasteiger partial charge >= 0.3 is 0 Å². The van der Waals surface area contributed by atoms with E-state index in [1.54, 1.807) is 0 Å². The molecule has 0 atom stereocenters. The molecule has 0 saturated carbocycles. The molecule has 5 heteroatoms. The molecular weight excluding hydrogens is 254 g/mol. The van der Waals surface area contributed by atoms with Crippen molar-refractivity contribution < 1.29 is 0 Å². The van der Waals surface area contributed by atoms with Crippen LogP contribution >= 0.6 is 34.8 Å². The normalized spacial score (nSPS) is 16.7. The van der Waals surface area contributed by atoms with Crippen LogP contribution in [0.25, 0.3) is 0 Å². The second kappa shape index (κ2) is 4.20. The highest BCUT2D eigenvalue weighted by Gasteiger charge is 2.35. The third kappa shape index (κ3) is 2.39. The van der Waals surface area contributed by atoms with Gasteiger partial charge in [-0.2, -0.15) is 0 Å². The molecule has 0 bridgehead atoms. The first-order valence-electron chi connectivity index (χ1n) is 4.53. The zero-order valence-electron chi connectivity index (χ0n) is 7.83. The number of benzene rings is 1. The van der Waals surface area contributed by atoms with E-state index < -0.39 is 3.79 Å². The Labute approximate surface area is 103 Å². The van der Waals surface area contributed by atoms with Crippen molar-refractivity contribution in [2.45, 2.75) is 3.79 Å². The van der Waals surface area contributed by atoms with Gasteiger partial charge < -0.3 is 4.90 Å². The number of hydrogen-bond donors (Lipinski definition) is 0. The summed E-state index contributed by atoms with van der Waals surface area (Å²) in [6.45, 7) is 1.42. The molecule has 15 heavy (non-hydrogen) atoms. The predicted molar refractivity (Wildman–Crippen MR) is 66.4 cm³/mol. The van der Waals surface area contributed by atoms with Crippen LogP contribution in [0.5, 0.6) is 0 Å². The molecule has 1 heterocycles. The molecule has 0 aliphatic carbocycles. The van der Waals surface area contributed by atoms with Crippen LogP contribution < -0.4 is 4.90 Å². The van der Waals surface area contributed by atoms with Crippen molar-refractivity contribution in [1.82, 2.24) is 0 Å². The van der Waals surface area contributed by atoms with Crippen molar-refractivity contribution in [3.8, 4) is 0 Å². The first-order valence-corrected chi connectivity index (χ1v) is 5.66. The molecule has 1 aliphatic heterocycles. The number of halogens is 3. The quantitative estimate of drug-likeness (QED) is 0.710. The van der Waals surface area contributed by atoms with Gasteiger partial charge in [0.1, 0.15) is 0 Å². The summed E-state index contributed by atoms with van der Waals surface area (Å²) in [7, 11) is 0. The zero-order valence-corrected chi connectivity index (χ0v) is 10.1.